The van der Waals surface area contributed by atoms with Crippen LogP contribution < -0.4 is 15.4 Å². The van der Waals surface area contributed by atoms with Crippen LogP contribution in [0.25, 0.3) is 11.6 Å². The summed E-state index contributed by atoms with van der Waals surface area (Å²) in [5, 5.41) is 11.7. The number of hydrogen-bond acceptors (Lipinski definition) is 5. The largest absolute Gasteiger partial charge is 0.481 e. The molecule has 35 heavy (non-hydrogen) atoms. The average molecular weight is 544 g/mol. The molecule has 0 aromatic heterocycles. The summed E-state index contributed by atoms with van der Waals surface area (Å²) in [6.45, 7) is 3.80. The highest BCUT2D eigenvalue weighted by Gasteiger charge is 2.41. The Hall–Kier alpha value is -2.17. The third kappa shape index (κ3) is 5.98. The summed E-state index contributed by atoms with van der Waals surface area (Å²) < 4.78 is 42.8. The molecule has 2 aromatic rings. The maximum Gasteiger partial charge on any atom is 0.308 e. The van der Waals surface area contributed by atoms with Crippen LogP contribution >= 0.6 is 23.2 Å². The molecule has 3 rings (SSSR count). The summed E-state index contributed by atoms with van der Waals surface area (Å²) in [5.41, 5.74) is 6.93. The Morgan fingerprint density at radius 2 is 2.09 bits per heavy atom. The van der Waals surface area contributed by atoms with Crippen LogP contribution in [0.1, 0.15) is 30.5 Å². The summed E-state index contributed by atoms with van der Waals surface area (Å²) in [7, 11) is -4.14. The first-order valence-corrected chi connectivity index (χ1v) is 13.4. The normalized spacial score (nSPS) is 18.2. The fraction of sp³-hybridized carbons (Fsp3) is 0.375. The molecule has 1 aliphatic heterocycles. The number of rotatable bonds is 9. The van der Waals surface area contributed by atoms with E-state index < -0.39 is 38.5 Å². The van der Waals surface area contributed by atoms with Gasteiger partial charge in [-0.05, 0) is 54.8 Å². The molecule has 11 heteroatoms. The number of alkyl halides is 1. The minimum absolute atomic E-state index is 0.0115. The molecule has 190 valence electrons. The minimum Gasteiger partial charge on any atom is -0.481 e. The molecule has 2 aromatic carbocycles. The van der Waals surface area contributed by atoms with Gasteiger partial charge in [-0.3, -0.25) is 9.10 Å². The van der Waals surface area contributed by atoms with E-state index in [0.717, 1.165) is 4.31 Å². The van der Waals surface area contributed by atoms with Crippen LogP contribution in [-0.4, -0.2) is 49.9 Å². The van der Waals surface area contributed by atoms with E-state index >= 15 is 0 Å². The molecule has 4 N–H and O–H groups in total. The Bertz CT molecular complexity index is 1220. The summed E-state index contributed by atoms with van der Waals surface area (Å²) in [5.74, 6) is -2.49. The lowest BCUT2D eigenvalue weighted by atomic mass is 9.92. The van der Waals surface area contributed by atoms with Crippen molar-refractivity contribution in [2.75, 3.05) is 23.9 Å². The van der Waals surface area contributed by atoms with Crippen molar-refractivity contribution in [2.45, 2.75) is 31.0 Å². The zero-order valence-electron chi connectivity index (χ0n) is 19.3. The number of benzene rings is 2. The first-order valence-electron chi connectivity index (χ1n) is 11.1. The number of nitrogens with one attached hydrogen (secondary N) is 1. The second kappa shape index (κ2) is 11.3. The van der Waals surface area contributed by atoms with Crippen LogP contribution in [0, 0.1) is 11.7 Å². The summed E-state index contributed by atoms with van der Waals surface area (Å²) in [6.07, 6.45) is 1.87. The van der Waals surface area contributed by atoms with Gasteiger partial charge in [-0.25, -0.2) is 12.8 Å². The van der Waals surface area contributed by atoms with Gasteiger partial charge in [0, 0.05) is 18.7 Å². The van der Waals surface area contributed by atoms with Crippen molar-refractivity contribution < 1.29 is 22.7 Å². The molecule has 0 radical (unpaired) electrons. The predicted octanol–water partition coefficient (Wildman–Crippen LogP) is 3.93. The second-order valence-corrected chi connectivity index (χ2v) is 11.4. The lowest BCUT2D eigenvalue weighted by Gasteiger charge is -2.37. The van der Waals surface area contributed by atoms with E-state index in [1.807, 2.05) is 6.92 Å². The standard InChI is InChI=1S/C24H28Cl2FN3O4S/c1-3-29-12-21(23(26)28)35(33,34)30-13-17(24(31)32)11-16-8-7-15(10-20(16)30)9-14(2)22-18(25)5-4-6-19(22)27/h4-10,17,21,23,29H,3,11-13,28H2,1-2H3,(H,31,32)/b14-9+. The first kappa shape index (κ1) is 27.4. The van der Waals surface area contributed by atoms with Crippen LogP contribution in [0.15, 0.2) is 36.4 Å². The number of nitrogens with two attached hydrogens (primary N) is 1. The number of sulfonamides is 1. The highest BCUT2D eigenvalue weighted by molar-refractivity contribution is 7.93. The molecule has 1 aliphatic rings. The van der Waals surface area contributed by atoms with Crippen molar-refractivity contribution in [1.29, 1.82) is 0 Å². The Kier molecular flexibility index (Phi) is 8.82. The zero-order valence-corrected chi connectivity index (χ0v) is 21.7. The van der Waals surface area contributed by atoms with Crippen LogP contribution in [0.4, 0.5) is 10.1 Å². The smallest absolute Gasteiger partial charge is 0.308 e. The number of carboxylic acid groups (broad SMARTS) is 1. The first-order chi connectivity index (χ1) is 16.5. The Balaban J connectivity index is 2.10. The van der Waals surface area contributed by atoms with Gasteiger partial charge in [0.1, 0.15) is 16.6 Å². The monoisotopic (exact) mass is 543 g/mol. The van der Waals surface area contributed by atoms with Crippen LogP contribution in [0.2, 0.25) is 5.02 Å². The third-order valence-electron chi connectivity index (χ3n) is 5.96. The van der Waals surface area contributed by atoms with Crippen LogP contribution in [0.3, 0.4) is 0 Å². The number of carbonyl (C=O) groups is 1. The fourth-order valence-corrected chi connectivity index (χ4v) is 6.75. The van der Waals surface area contributed by atoms with Crippen LogP contribution in [0.5, 0.6) is 0 Å². The molecule has 0 fully saturated rings. The van der Waals surface area contributed by atoms with E-state index in [2.05, 4.69) is 5.32 Å². The molecular formula is C24H28Cl2FN3O4S. The van der Waals surface area contributed by atoms with Crippen molar-refractivity contribution in [1.82, 2.24) is 5.32 Å². The number of fused-ring (bicyclic) bond motifs is 1. The number of anilines is 1. The summed E-state index contributed by atoms with van der Waals surface area (Å²) in [6, 6.07) is 9.48. The number of nitrogens with zero attached hydrogens (tertiary/aromatic N) is 1. The van der Waals surface area contributed by atoms with Crippen molar-refractivity contribution in [3.63, 3.8) is 0 Å². The van der Waals surface area contributed by atoms with E-state index in [4.69, 9.17) is 28.9 Å². The second-order valence-electron chi connectivity index (χ2n) is 8.42. The minimum atomic E-state index is -4.14. The predicted molar refractivity (Wildman–Crippen MR) is 139 cm³/mol. The number of aliphatic carboxylic acids is 1. The van der Waals surface area contributed by atoms with Gasteiger partial charge in [-0.1, -0.05) is 42.8 Å². The molecule has 7 nitrogen and oxygen atoms in total. The van der Waals surface area contributed by atoms with Crippen molar-refractivity contribution in [3.8, 4) is 0 Å². The number of carboxylic acids is 1. The molecule has 3 atom stereocenters. The molecule has 0 saturated carbocycles. The molecule has 1 heterocycles. The quantitative estimate of drug-likeness (QED) is 0.251. The van der Waals surface area contributed by atoms with Crippen molar-refractivity contribution in [3.05, 3.63) is 63.9 Å². The van der Waals surface area contributed by atoms with Gasteiger partial charge < -0.3 is 16.2 Å². The van der Waals surface area contributed by atoms with E-state index in [-0.39, 0.29) is 30.1 Å². The van der Waals surface area contributed by atoms with E-state index in [1.165, 1.54) is 12.1 Å². The van der Waals surface area contributed by atoms with Gasteiger partial charge in [-0.2, -0.15) is 0 Å². The lowest BCUT2D eigenvalue weighted by molar-refractivity contribution is -0.141. The van der Waals surface area contributed by atoms with Crippen molar-refractivity contribution >= 4 is 56.5 Å². The van der Waals surface area contributed by atoms with Gasteiger partial charge in [0.05, 0.1) is 16.6 Å². The zero-order chi connectivity index (χ0) is 25.9. The topological polar surface area (TPSA) is 113 Å². The lowest BCUT2D eigenvalue weighted by Crippen LogP contribution is -2.53. The van der Waals surface area contributed by atoms with Gasteiger partial charge in [0.2, 0.25) is 10.0 Å². The van der Waals surface area contributed by atoms with Gasteiger partial charge in [0.15, 0.2) is 0 Å². The highest BCUT2D eigenvalue weighted by atomic mass is 35.5. The number of allylic oxidation sites excluding steroid dienone is 1. The summed E-state index contributed by atoms with van der Waals surface area (Å²) >= 11 is 12.3. The molecule has 0 bridgehead atoms. The average Bonchev–Trinajstić information content (AvgIpc) is 2.78. The van der Waals surface area contributed by atoms with E-state index in [9.17, 15) is 22.7 Å². The maximum absolute atomic E-state index is 14.4. The molecule has 0 spiro atoms. The molecule has 0 saturated heterocycles. The molecular weight excluding hydrogens is 516 g/mol. The Morgan fingerprint density at radius 3 is 2.69 bits per heavy atom. The SMILES string of the molecule is CCNCC(C(N)Cl)S(=O)(=O)N1CC(C(=O)O)Cc2ccc(/C=C(\C)c3c(F)cccc3Cl)cc21. The number of hydrogen-bond donors (Lipinski definition) is 3. The fourth-order valence-electron chi connectivity index (χ4n) is 4.14. The Morgan fingerprint density at radius 1 is 1.37 bits per heavy atom. The van der Waals surface area contributed by atoms with Gasteiger partial charge >= 0.3 is 5.97 Å². The van der Waals surface area contributed by atoms with Gasteiger partial charge in [-0.15, -0.1) is 11.6 Å². The van der Waals surface area contributed by atoms with E-state index in [0.29, 0.717) is 28.9 Å². The summed E-state index contributed by atoms with van der Waals surface area (Å²) in [4.78, 5) is 11.8. The van der Waals surface area contributed by atoms with Crippen molar-refractivity contribution in [2.24, 2.45) is 11.7 Å². The molecule has 3 unspecified atom stereocenters. The van der Waals surface area contributed by atoms with E-state index in [1.54, 1.807) is 37.3 Å². The molecule has 0 aliphatic carbocycles. The number of halogens is 3. The molecule has 0 amide bonds. The van der Waals surface area contributed by atoms with Crippen LogP contribution in [-0.2, 0) is 21.2 Å². The third-order valence-corrected chi connectivity index (χ3v) is 8.91. The van der Waals surface area contributed by atoms with Gasteiger partial charge in [0.25, 0.3) is 0 Å². The maximum atomic E-state index is 14.4. The Labute approximate surface area is 214 Å². The highest BCUT2D eigenvalue weighted by Crippen LogP contribution is 2.36.